The van der Waals surface area contributed by atoms with E-state index in [-0.39, 0.29) is 18.0 Å². The van der Waals surface area contributed by atoms with Gasteiger partial charge in [0.1, 0.15) is 5.75 Å². The van der Waals surface area contributed by atoms with Gasteiger partial charge < -0.3 is 15.0 Å². The topological polar surface area (TPSA) is 41.6 Å². The van der Waals surface area contributed by atoms with Crippen LogP contribution >= 0.6 is 11.3 Å². The number of fused-ring (bicyclic) bond motifs is 1. The third kappa shape index (κ3) is 3.94. The number of ether oxygens (including phenoxy) is 1. The molecule has 1 aromatic heterocycles. The van der Waals surface area contributed by atoms with E-state index in [1.165, 1.54) is 16.0 Å². The fourth-order valence-corrected chi connectivity index (χ4v) is 4.71. The Labute approximate surface area is 160 Å². The number of nitrogens with one attached hydrogen (secondary N) is 1. The summed E-state index contributed by atoms with van der Waals surface area (Å²) in [6.45, 7) is 5.50. The maximum Gasteiger partial charge on any atom is 0.237 e. The van der Waals surface area contributed by atoms with Crippen LogP contribution in [0.2, 0.25) is 0 Å². The standard InChI is InChI=1S/C21H28N2O2S/c1-4-18(15-6-8-16(25-3)9-7-15)22-14-21(24)23-12-10-20-17(11-13-26-20)19(23)5-2/h6-9,11,13,18-19,22H,4-5,10,12,14H2,1-3H3. The van der Waals surface area contributed by atoms with E-state index < -0.39 is 0 Å². The average Bonchev–Trinajstić information content (AvgIpc) is 3.16. The fraction of sp³-hybridized carbons (Fsp3) is 0.476. The van der Waals surface area contributed by atoms with Crippen LogP contribution < -0.4 is 10.1 Å². The number of carbonyl (C=O) groups excluding carboxylic acids is 1. The quantitative estimate of drug-likeness (QED) is 0.786. The normalized spacial score (nSPS) is 17.7. The molecule has 1 N–H and O–H groups in total. The number of hydrogen-bond donors (Lipinski definition) is 1. The first-order chi connectivity index (χ1) is 12.7. The number of thiophene rings is 1. The lowest BCUT2D eigenvalue weighted by molar-refractivity contribution is -0.133. The first-order valence-electron chi connectivity index (χ1n) is 9.41. The second kappa shape index (κ2) is 8.69. The maximum atomic E-state index is 12.9. The Morgan fingerprint density at radius 2 is 2.08 bits per heavy atom. The van der Waals surface area contributed by atoms with Gasteiger partial charge in [0.15, 0.2) is 0 Å². The van der Waals surface area contributed by atoms with Crippen molar-refractivity contribution in [3.8, 4) is 5.75 Å². The molecule has 26 heavy (non-hydrogen) atoms. The summed E-state index contributed by atoms with van der Waals surface area (Å²) < 4.78 is 5.23. The molecule has 0 saturated heterocycles. The van der Waals surface area contributed by atoms with Gasteiger partial charge in [0.05, 0.1) is 19.7 Å². The van der Waals surface area contributed by atoms with Crippen LogP contribution in [0.15, 0.2) is 35.7 Å². The minimum atomic E-state index is 0.173. The summed E-state index contributed by atoms with van der Waals surface area (Å²) in [5, 5.41) is 5.60. The Kier molecular flexibility index (Phi) is 6.33. The van der Waals surface area contributed by atoms with Gasteiger partial charge in [-0.05, 0) is 54.0 Å². The van der Waals surface area contributed by atoms with Crippen molar-refractivity contribution in [1.82, 2.24) is 10.2 Å². The summed E-state index contributed by atoms with van der Waals surface area (Å²) in [7, 11) is 1.67. The number of carbonyl (C=O) groups is 1. The Morgan fingerprint density at radius 3 is 2.73 bits per heavy atom. The van der Waals surface area contributed by atoms with Crippen molar-refractivity contribution in [2.45, 2.75) is 45.2 Å². The molecule has 2 atom stereocenters. The predicted octanol–water partition coefficient (Wildman–Crippen LogP) is 4.33. The Bertz CT molecular complexity index is 726. The van der Waals surface area contributed by atoms with Gasteiger partial charge >= 0.3 is 0 Å². The number of amides is 1. The van der Waals surface area contributed by atoms with Crippen LogP contribution in [0.5, 0.6) is 5.75 Å². The molecule has 1 aliphatic rings. The van der Waals surface area contributed by atoms with Gasteiger partial charge in [-0.15, -0.1) is 11.3 Å². The highest BCUT2D eigenvalue weighted by molar-refractivity contribution is 7.10. The molecule has 2 aromatic rings. The van der Waals surface area contributed by atoms with E-state index in [4.69, 9.17) is 4.74 Å². The summed E-state index contributed by atoms with van der Waals surface area (Å²) in [4.78, 5) is 16.4. The van der Waals surface area contributed by atoms with E-state index in [2.05, 4.69) is 47.6 Å². The lowest BCUT2D eigenvalue weighted by atomic mass is 9.97. The number of rotatable bonds is 7. The van der Waals surface area contributed by atoms with Crippen molar-refractivity contribution in [3.63, 3.8) is 0 Å². The van der Waals surface area contributed by atoms with Crippen molar-refractivity contribution < 1.29 is 9.53 Å². The zero-order valence-corrected chi connectivity index (χ0v) is 16.6. The molecule has 1 amide bonds. The zero-order valence-electron chi connectivity index (χ0n) is 15.8. The highest BCUT2D eigenvalue weighted by Gasteiger charge is 2.30. The smallest absolute Gasteiger partial charge is 0.237 e. The van der Waals surface area contributed by atoms with E-state index in [0.29, 0.717) is 6.54 Å². The molecule has 2 heterocycles. The maximum absolute atomic E-state index is 12.9. The van der Waals surface area contributed by atoms with Gasteiger partial charge in [-0.3, -0.25) is 4.79 Å². The minimum absolute atomic E-state index is 0.173. The molecular formula is C21H28N2O2S. The van der Waals surface area contributed by atoms with Crippen LogP contribution in [0.1, 0.15) is 54.8 Å². The fourth-order valence-electron chi connectivity index (χ4n) is 3.78. The van der Waals surface area contributed by atoms with Crippen LogP contribution in [0.4, 0.5) is 0 Å². The van der Waals surface area contributed by atoms with Crippen molar-refractivity contribution in [1.29, 1.82) is 0 Å². The molecule has 1 aliphatic heterocycles. The van der Waals surface area contributed by atoms with Crippen LogP contribution in [0.25, 0.3) is 0 Å². The summed E-state index contributed by atoms with van der Waals surface area (Å²) in [6.07, 6.45) is 2.88. The van der Waals surface area contributed by atoms with Crippen LogP contribution in [-0.4, -0.2) is 31.0 Å². The molecule has 1 aromatic carbocycles. The molecule has 0 aliphatic carbocycles. The molecule has 0 spiro atoms. The second-order valence-corrected chi connectivity index (χ2v) is 7.68. The number of benzene rings is 1. The van der Waals surface area contributed by atoms with Gasteiger partial charge in [-0.2, -0.15) is 0 Å². The predicted molar refractivity (Wildman–Crippen MR) is 107 cm³/mol. The third-order valence-corrected chi connectivity index (χ3v) is 6.22. The van der Waals surface area contributed by atoms with Crippen LogP contribution in [0.3, 0.4) is 0 Å². The lowest BCUT2D eigenvalue weighted by Crippen LogP contribution is -2.44. The highest BCUT2D eigenvalue weighted by Crippen LogP contribution is 2.35. The van der Waals surface area contributed by atoms with E-state index in [1.807, 2.05) is 23.5 Å². The summed E-state index contributed by atoms with van der Waals surface area (Å²) in [5.74, 6) is 1.05. The minimum Gasteiger partial charge on any atom is -0.497 e. The Balaban J connectivity index is 1.63. The summed E-state index contributed by atoms with van der Waals surface area (Å²) in [6, 6.07) is 10.7. The summed E-state index contributed by atoms with van der Waals surface area (Å²) >= 11 is 1.82. The Hall–Kier alpha value is -1.85. The number of nitrogens with zero attached hydrogens (tertiary/aromatic N) is 1. The Morgan fingerprint density at radius 1 is 1.31 bits per heavy atom. The molecule has 5 heteroatoms. The van der Waals surface area contributed by atoms with Crippen molar-refractivity contribution in [2.75, 3.05) is 20.2 Å². The molecule has 0 radical (unpaired) electrons. The van der Waals surface area contributed by atoms with E-state index in [0.717, 1.165) is 31.6 Å². The van der Waals surface area contributed by atoms with Crippen LogP contribution in [-0.2, 0) is 11.2 Å². The first-order valence-corrected chi connectivity index (χ1v) is 10.3. The average molecular weight is 373 g/mol. The molecule has 0 bridgehead atoms. The van der Waals surface area contributed by atoms with Gasteiger partial charge in [0.25, 0.3) is 0 Å². The molecule has 0 fully saturated rings. The van der Waals surface area contributed by atoms with Gasteiger partial charge in [-0.25, -0.2) is 0 Å². The first kappa shape index (κ1) is 18.9. The largest absolute Gasteiger partial charge is 0.497 e. The molecule has 2 unspecified atom stereocenters. The van der Waals surface area contributed by atoms with Crippen molar-refractivity contribution >= 4 is 17.2 Å². The molecule has 0 saturated carbocycles. The SMILES string of the molecule is CCC(NCC(=O)N1CCc2sccc2C1CC)c1ccc(OC)cc1. The molecule has 140 valence electrons. The number of methoxy groups -OCH3 is 1. The van der Waals surface area contributed by atoms with Crippen molar-refractivity contribution in [2.24, 2.45) is 0 Å². The van der Waals surface area contributed by atoms with Gasteiger partial charge in [0, 0.05) is 17.5 Å². The van der Waals surface area contributed by atoms with E-state index >= 15 is 0 Å². The van der Waals surface area contributed by atoms with E-state index in [9.17, 15) is 4.79 Å². The number of hydrogen-bond acceptors (Lipinski definition) is 4. The van der Waals surface area contributed by atoms with Crippen LogP contribution in [0, 0.1) is 0 Å². The van der Waals surface area contributed by atoms with Gasteiger partial charge in [0.2, 0.25) is 5.91 Å². The second-order valence-electron chi connectivity index (χ2n) is 6.68. The third-order valence-electron chi connectivity index (χ3n) is 5.23. The molecular weight excluding hydrogens is 344 g/mol. The van der Waals surface area contributed by atoms with Crippen molar-refractivity contribution in [3.05, 3.63) is 51.7 Å². The molecule has 4 nitrogen and oxygen atoms in total. The van der Waals surface area contributed by atoms with E-state index in [1.54, 1.807) is 7.11 Å². The highest BCUT2D eigenvalue weighted by atomic mass is 32.1. The summed E-state index contributed by atoms with van der Waals surface area (Å²) in [5.41, 5.74) is 2.53. The van der Waals surface area contributed by atoms with Gasteiger partial charge in [-0.1, -0.05) is 26.0 Å². The molecule has 3 rings (SSSR count). The monoisotopic (exact) mass is 372 g/mol. The zero-order chi connectivity index (χ0) is 18.5. The lowest BCUT2D eigenvalue weighted by Gasteiger charge is -2.36.